The molecule has 4 nitrogen and oxygen atoms in total. The van der Waals surface area contributed by atoms with Crippen molar-refractivity contribution in [2.24, 2.45) is 5.92 Å². The van der Waals surface area contributed by atoms with Crippen molar-refractivity contribution < 1.29 is 9.53 Å². The maximum absolute atomic E-state index is 12.7. The van der Waals surface area contributed by atoms with Gasteiger partial charge in [0, 0.05) is 36.5 Å². The first-order chi connectivity index (χ1) is 12.7. The van der Waals surface area contributed by atoms with Crippen LogP contribution in [0.2, 0.25) is 0 Å². The van der Waals surface area contributed by atoms with E-state index >= 15 is 0 Å². The third-order valence-electron chi connectivity index (χ3n) is 4.58. The van der Waals surface area contributed by atoms with Crippen molar-refractivity contribution in [3.8, 4) is 0 Å². The lowest BCUT2D eigenvalue weighted by molar-refractivity contribution is -0.119. The predicted octanol–water partition coefficient (Wildman–Crippen LogP) is 4.24. The van der Waals surface area contributed by atoms with Crippen molar-refractivity contribution in [1.29, 1.82) is 0 Å². The number of amides is 1. The van der Waals surface area contributed by atoms with E-state index in [1.807, 2.05) is 61.8 Å². The van der Waals surface area contributed by atoms with Gasteiger partial charge in [-0.05, 0) is 35.4 Å². The summed E-state index contributed by atoms with van der Waals surface area (Å²) in [5, 5.41) is 5.33. The lowest BCUT2D eigenvalue weighted by Gasteiger charge is -2.16. The lowest BCUT2D eigenvalue weighted by atomic mass is 9.97. The Bertz CT molecular complexity index is 887. The summed E-state index contributed by atoms with van der Waals surface area (Å²) in [6.45, 7) is 2.58. The molecule has 0 aliphatic heterocycles. The zero-order valence-corrected chi connectivity index (χ0v) is 15.2. The summed E-state index contributed by atoms with van der Waals surface area (Å²) < 4.78 is 5.15. The summed E-state index contributed by atoms with van der Waals surface area (Å²) in [6, 6.07) is 16.0. The van der Waals surface area contributed by atoms with Crippen LogP contribution in [0.3, 0.4) is 0 Å². The average molecular weight is 348 g/mol. The van der Waals surface area contributed by atoms with Crippen molar-refractivity contribution in [1.82, 2.24) is 4.98 Å². The number of methoxy groups -OCH3 is 1. The molecule has 1 aromatic heterocycles. The molecule has 0 saturated carbocycles. The molecule has 0 bridgehead atoms. The topological polar surface area (TPSA) is 51.2 Å². The van der Waals surface area contributed by atoms with E-state index in [0.717, 1.165) is 34.0 Å². The third kappa shape index (κ3) is 4.27. The number of rotatable bonds is 7. The van der Waals surface area contributed by atoms with Gasteiger partial charge < -0.3 is 10.1 Å². The van der Waals surface area contributed by atoms with Crippen molar-refractivity contribution in [2.75, 3.05) is 19.0 Å². The van der Waals surface area contributed by atoms with E-state index in [1.165, 1.54) is 0 Å². The van der Waals surface area contributed by atoms with Crippen LogP contribution >= 0.6 is 0 Å². The van der Waals surface area contributed by atoms with E-state index in [4.69, 9.17) is 4.74 Å². The smallest absolute Gasteiger partial charge is 0.227 e. The van der Waals surface area contributed by atoms with Crippen LogP contribution in [0.5, 0.6) is 0 Å². The number of fused-ring (bicyclic) bond motifs is 1. The third-order valence-corrected chi connectivity index (χ3v) is 4.58. The number of para-hydroxylation sites is 1. The molecule has 0 fully saturated rings. The standard InChI is InChI=1S/C22H24N2O2/c1-16(13-19-15-23-14-18-8-3-5-9-20(18)19)22(25)24-21-10-6-4-7-17(21)11-12-26-2/h3-10,14-16H,11-13H2,1-2H3,(H,24,25)/t16-/m1/s1. The van der Waals surface area contributed by atoms with Gasteiger partial charge in [0.25, 0.3) is 0 Å². The van der Waals surface area contributed by atoms with E-state index < -0.39 is 0 Å². The molecule has 4 heteroatoms. The molecule has 0 aliphatic rings. The van der Waals surface area contributed by atoms with Gasteiger partial charge in [0.1, 0.15) is 0 Å². The van der Waals surface area contributed by atoms with Crippen molar-refractivity contribution in [2.45, 2.75) is 19.8 Å². The Morgan fingerprint density at radius 1 is 1.08 bits per heavy atom. The second-order valence-corrected chi connectivity index (χ2v) is 6.51. The minimum atomic E-state index is -0.155. The number of hydrogen-bond donors (Lipinski definition) is 1. The van der Waals surface area contributed by atoms with Gasteiger partial charge in [0.2, 0.25) is 5.91 Å². The molecule has 1 amide bonds. The molecular formula is C22H24N2O2. The lowest BCUT2D eigenvalue weighted by Crippen LogP contribution is -2.23. The first-order valence-corrected chi connectivity index (χ1v) is 8.88. The van der Waals surface area contributed by atoms with Gasteiger partial charge in [0.15, 0.2) is 0 Å². The second-order valence-electron chi connectivity index (χ2n) is 6.51. The average Bonchev–Trinajstić information content (AvgIpc) is 2.67. The number of nitrogens with zero attached hydrogens (tertiary/aromatic N) is 1. The van der Waals surface area contributed by atoms with E-state index in [0.29, 0.717) is 13.0 Å². The highest BCUT2D eigenvalue weighted by Crippen LogP contribution is 2.22. The van der Waals surface area contributed by atoms with Gasteiger partial charge in [-0.25, -0.2) is 0 Å². The van der Waals surface area contributed by atoms with Gasteiger partial charge in [-0.15, -0.1) is 0 Å². The van der Waals surface area contributed by atoms with Gasteiger partial charge in [-0.1, -0.05) is 49.4 Å². The fraction of sp³-hybridized carbons (Fsp3) is 0.273. The fourth-order valence-corrected chi connectivity index (χ4v) is 3.09. The first kappa shape index (κ1) is 18.1. The van der Waals surface area contributed by atoms with Gasteiger partial charge in [0.05, 0.1) is 6.61 Å². The molecule has 3 aromatic rings. The summed E-state index contributed by atoms with van der Waals surface area (Å²) in [5.41, 5.74) is 3.04. The Balaban J connectivity index is 1.72. The van der Waals surface area contributed by atoms with E-state index in [2.05, 4.69) is 16.4 Å². The molecule has 1 N–H and O–H groups in total. The number of ether oxygens (including phenoxy) is 1. The van der Waals surface area contributed by atoms with Crippen LogP contribution in [0, 0.1) is 5.92 Å². The van der Waals surface area contributed by atoms with Crippen LogP contribution in [0.25, 0.3) is 10.8 Å². The summed E-state index contributed by atoms with van der Waals surface area (Å²) >= 11 is 0. The fourth-order valence-electron chi connectivity index (χ4n) is 3.09. The van der Waals surface area contributed by atoms with E-state index in [1.54, 1.807) is 7.11 Å². The molecule has 1 atom stereocenters. The van der Waals surface area contributed by atoms with Gasteiger partial charge in [-0.2, -0.15) is 0 Å². The minimum absolute atomic E-state index is 0.0165. The number of anilines is 1. The highest BCUT2D eigenvalue weighted by atomic mass is 16.5. The van der Waals surface area contributed by atoms with Gasteiger partial charge in [-0.3, -0.25) is 9.78 Å². The molecule has 26 heavy (non-hydrogen) atoms. The molecule has 0 aliphatic carbocycles. The molecule has 1 heterocycles. The van der Waals surface area contributed by atoms with Crippen LogP contribution in [-0.4, -0.2) is 24.6 Å². The molecule has 2 aromatic carbocycles. The Morgan fingerprint density at radius 2 is 1.85 bits per heavy atom. The Morgan fingerprint density at radius 3 is 2.69 bits per heavy atom. The zero-order valence-electron chi connectivity index (χ0n) is 15.2. The number of carbonyl (C=O) groups is 1. The maximum Gasteiger partial charge on any atom is 0.227 e. The zero-order chi connectivity index (χ0) is 18.4. The van der Waals surface area contributed by atoms with Crippen LogP contribution in [0.1, 0.15) is 18.1 Å². The molecule has 0 unspecified atom stereocenters. The Kier molecular flexibility index (Phi) is 5.97. The first-order valence-electron chi connectivity index (χ1n) is 8.88. The van der Waals surface area contributed by atoms with Crippen LogP contribution in [0.15, 0.2) is 60.9 Å². The number of carbonyl (C=O) groups excluding carboxylic acids is 1. The normalized spacial score (nSPS) is 12.1. The highest BCUT2D eigenvalue weighted by Gasteiger charge is 2.16. The Hall–Kier alpha value is -2.72. The summed E-state index contributed by atoms with van der Waals surface area (Å²) in [4.78, 5) is 17.0. The molecule has 0 spiro atoms. The number of benzene rings is 2. The maximum atomic E-state index is 12.7. The molecule has 0 radical (unpaired) electrons. The van der Waals surface area contributed by atoms with Crippen molar-refractivity contribution in [3.05, 3.63) is 72.1 Å². The quantitative estimate of drug-likeness (QED) is 0.695. The predicted molar refractivity (Wildman–Crippen MR) is 105 cm³/mol. The SMILES string of the molecule is COCCc1ccccc1NC(=O)[C@H](C)Cc1cncc2ccccc12. The Labute approximate surface area is 154 Å². The number of pyridine rings is 1. The summed E-state index contributed by atoms with van der Waals surface area (Å²) in [6.07, 6.45) is 5.14. The molecular weight excluding hydrogens is 324 g/mol. The molecule has 3 rings (SSSR count). The van der Waals surface area contributed by atoms with Crippen molar-refractivity contribution >= 4 is 22.4 Å². The number of hydrogen-bond acceptors (Lipinski definition) is 3. The van der Waals surface area contributed by atoms with E-state index in [9.17, 15) is 4.79 Å². The number of aromatic nitrogens is 1. The largest absolute Gasteiger partial charge is 0.384 e. The van der Waals surface area contributed by atoms with Crippen LogP contribution in [-0.2, 0) is 22.4 Å². The summed E-state index contributed by atoms with van der Waals surface area (Å²) in [7, 11) is 1.68. The van der Waals surface area contributed by atoms with Gasteiger partial charge >= 0.3 is 0 Å². The molecule has 134 valence electrons. The monoisotopic (exact) mass is 348 g/mol. The minimum Gasteiger partial charge on any atom is -0.384 e. The van der Waals surface area contributed by atoms with Crippen molar-refractivity contribution in [3.63, 3.8) is 0 Å². The van der Waals surface area contributed by atoms with Crippen LogP contribution < -0.4 is 5.32 Å². The highest BCUT2D eigenvalue weighted by molar-refractivity contribution is 5.94. The second kappa shape index (κ2) is 8.59. The number of nitrogens with one attached hydrogen (secondary N) is 1. The van der Waals surface area contributed by atoms with E-state index in [-0.39, 0.29) is 11.8 Å². The van der Waals surface area contributed by atoms with Crippen LogP contribution in [0.4, 0.5) is 5.69 Å². The molecule has 0 saturated heterocycles. The summed E-state index contributed by atoms with van der Waals surface area (Å²) in [5.74, 6) is -0.138.